The van der Waals surface area contributed by atoms with Crippen molar-refractivity contribution in [1.29, 1.82) is 0 Å². The van der Waals surface area contributed by atoms with E-state index >= 15 is 0 Å². The summed E-state index contributed by atoms with van der Waals surface area (Å²) >= 11 is 0. The minimum atomic E-state index is -0.387. The first kappa shape index (κ1) is 11.5. The zero-order chi connectivity index (χ0) is 11.4. The molecule has 1 aromatic carbocycles. The van der Waals surface area contributed by atoms with Crippen LogP contribution in [0.1, 0.15) is 19.4 Å². The van der Waals surface area contributed by atoms with Crippen molar-refractivity contribution in [2.45, 2.75) is 20.8 Å². The van der Waals surface area contributed by atoms with Gasteiger partial charge >= 0.3 is 0 Å². The van der Waals surface area contributed by atoms with Crippen molar-refractivity contribution in [1.82, 2.24) is 0 Å². The van der Waals surface area contributed by atoms with Gasteiger partial charge in [0.05, 0.1) is 11.5 Å². The van der Waals surface area contributed by atoms with E-state index in [2.05, 4.69) is 13.8 Å². The van der Waals surface area contributed by atoms with Crippen molar-refractivity contribution in [2.75, 3.05) is 6.61 Å². The van der Waals surface area contributed by atoms with Crippen LogP contribution in [0.5, 0.6) is 5.75 Å². The van der Waals surface area contributed by atoms with E-state index in [9.17, 15) is 10.1 Å². The van der Waals surface area contributed by atoms with Crippen LogP contribution >= 0.6 is 0 Å². The van der Waals surface area contributed by atoms with Crippen LogP contribution in [-0.2, 0) is 0 Å². The van der Waals surface area contributed by atoms with E-state index in [1.54, 1.807) is 19.1 Å². The van der Waals surface area contributed by atoms with Gasteiger partial charge in [-0.2, -0.15) is 0 Å². The lowest BCUT2D eigenvalue weighted by Gasteiger charge is -2.08. The second kappa shape index (κ2) is 4.77. The maximum Gasteiger partial charge on any atom is 0.272 e. The molecule has 1 rings (SSSR count). The molecule has 0 aliphatic carbocycles. The second-order valence-electron chi connectivity index (χ2n) is 3.91. The number of nitrogens with zero attached hydrogens (tertiary/aromatic N) is 1. The standard InChI is InChI=1S/C11H15NO3/c1-8(2)7-15-10-4-5-11(12(13)14)9(3)6-10/h4-6,8H,7H2,1-3H3. The Morgan fingerprint density at radius 2 is 2.13 bits per heavy atom. The van der Waals surface area contributed by atoms with Crippen LogP contribution in [-0.4, -0.2) is 11.5 Å². The lowest BCUT2D eigenvalue weighted by Crippen LogP contribution is -2.04. The van der Waals surface area contributed by atoms with E-state index < -0.39 is 0 Å². The summed E-state index contributed by atoms with van der Waals surface area (Å²) in [6.07, 6.45) is 0. The highest BCUT2D eigenvalue weighted by molar-refractivity contribution is 5.44. The molecule has 0 radical (unpaired) electrons. The van der Waals surface area contributed by atoms with Gasteiger partial charge in [-0.05, 0) is 25.0 Å². The summed E-state index contributed by atoms with van der Waals surface area (Å²) < 4.78 is 5.46. The Kier molecular flexibility index (Phi) is 3.66. The number of benzene rings is 1. The zero-order valence-corrected chi connectivity index (χ0v) is 9.19. The summed E-state index contributed by atoms with van der Waals surface area (Å²) in [4.78, 5) is 10.2. The summed E-state index contributed by atoms with van der Waals surface area (Å²) in [5.74, 6) is 1.13. The molecule has 0 heterocycles. The van der Waals surface area contributed by atoms with Gasteiger partial charge < -0.3 is 4.74 Å². The molecule has 4 heteroatoms. The number of nitro groups is 1. The summed E-state index contributed by atoms with van der Waals surface area (Å²) in [6, 6.07) is 4.80. The molecule has 82 valence electrons. The van der Waals surface area contributed by atoms with E-state index in [0.717, 1.165) is 0 Å². The van der Waals surface area contributed by atoms with Gasteiger partial charge in [0.2, 0.25) is 0 Å². The Balaban J connectivity index is 2.78. The number of nitro benzene ring substituents is 1. The highest BCUT2D eigenvalue weighted by atomic mass is 16.6. The fourth-order valence-electron chi connectivity index (χ4n) is 1.19. The van der Waals surface area contributed by atoms with Crippen LogP contribution in [0.4, 0.5) is 5.69 Å². The van der Waals surface area contributed by atoms with E-state index in [1.165, 1.54) is 6.07 Å². The van der Waals surface area contributed by atoms with Crippen LogP contribution in [0.25, 0.3) is 0 Å². The lowest BCUT2D eigenvalue weighted by molar-refractivity contribution is -0.385. The molecule has 0 aliphatic rings. The Morgan fingerprint density at radius 3 is 2.60 bits per heavy atom. The van der Waals surface area contributed by atoms with Crippen LogP contribution in [0.15, 0.2) is 18.2 Å². The third kappa shape index (κ3) is 3.23. The molecule has 1 aromatic rings. The smallest absolute Gasteiger partial charge is 0.272 e. The Bertz CT molecular complexity index is 361. The number of hydrogen-bond acceptors (Lipinski definition) is 3. The van der Waals surface area contributed by atoms with Gasteiger partial charge in [-0.25, -0.2) is 0 Å². The molecule has 0 amide bonds. The van der Waals surface area contributed by atoms with Gasteiger partial charge in [-0.15, -0.1) is 0 Å². The molecule has 0 spiro atoms. The molecule has 0 aliphatic heterocycles. The van der Waals surface area contributed by atoms with Crippen molar-refractivity contribution < 1.29 is 9.66 Å². The van der Waals surface area contributed by atoms with Crippen molar-refractivity contribution in [3.8, 4) is 5.75 Å². The van der Waals surface area contributed by atoms with Crippen molar-refractivity contribution in [3.05, 3.63) is 33.9 Å². The van der Waals surface area contributed by atoms with Gasteiger partial charge in [0, 0.05) is 11.6 Å². The highest BCUT2D eigenvalue weighted by Crippen LogP contribution is 2.23. The number of ether oxygens (including phenoxy) is 1. The third-order valence-corrected chi connectivity index (χ3v) is 1.95. The maximum absolute atomic E-state index is 10.6. The number of hydrogen-bond donors (Lipinski definition) is 0. The summed E-state index contributed by atoms with van der Waals surface area (Å²) in [6.45, 7) is 6.44. The van der Waals surface area contributed by atoms with Gasteiger partial charge in [0.25, 0.3) is 5.69 Å². The molecule has 0 saturated carbocycles. The average molecular weight is 209 g/mol. The first-order chi connectivity index (χ1) is 7.00. The maximum atomic E-state index is 10.6. The van der Waals surface area contributed by atoms with Crippen LogP contribution in [0.3, 0.4) is 0 Å². The first-order valence-electron chi connectivity index (χ1n) is 4.88. The normalized spacial score (nSPS) is 10.4. The molecule has 0 saturated heterocycles. The van der Waals surface area contributed by atoms with Crippen molar-refractivity contribution >= 4 is 5.69 Å². The minimum Gasteiger partial charge on any atom is -0.493 e. The third-order valence-electron chi connectivity index (χ3n) is 1.95. The average Bonchev–Trinajstić information content (AvgIpc) is 2.14. The topological polar surface area (TPSA) is 52.4 Å². The Morgan fingerprint density at radius 1 is 1.47 bits per heavy atom. The monoisotopic (exact) mass is 209 g/mol. The molecule has 0 bridgehead atoms. The molecular formula is C11H15NO3. The number of aryl methyl sites for hydroxylation is 1. The quantitative estimate of drug-likeness (QED) is 0.566. The number of rotatable bonds is 4. The minimum absolute atomic E-state index is 0.131. The Hall–Kier alpha value is -1.58. The fourth-order valence-corrected chi connectivity index (χ4v) is 1.19. The van der Waals surface area contributed by atoms with Crippen LogP contribution in [0.2, 0.25) is 0 Å². The zero-order valence-electron chi connectivity index (χ0n) is 9.19. The molecular weight excluding hydrogens is 194 g/mol. The fraction of sp³-hybridized carbons (Fsp3) is 0.455. The van der Waals surface area contributed by atoms with Crippen LogP contribution < -0.4 is 4.74 Å². The summed E-state index contributed by atoms with van der Waals surface area (Å²) in [5, 5.41) is 10.6. The Labute approximate surface area is 89.0 Å². The van der Waals surface area contributed by atoms with E-state index in [1.807, 2.05) is 0 Å². The van der Waals surface area contributed by atoms with Crippen molar-refractivity contribution in [2.24, 2.45) is 5.92 Å². The van der Waals surface area contributed by atoms with E-state index in [-0.39, 0.29) is 10.6 Å². The molecule has 0 fully saturated rings. The van der Waals surface area contributed by atoms with E-state index in [4.69, 9.17) is 4.74 Å². The summed E-state index contributed by atoms with van der Waals surface area (Å²) in [5.41, 5.74) is 0.758. The van der Waals surface area contributed by atoms with Gasteiger partial charge in [-0.3, -0.25) is 10.1 Å². The molecule has 15 heavy (non-hydrogen) atoms. The van der Waals surface area contributed by atoms with E-state index in [0.29, 0.717) is 23.8 Å². The highest BCUT2D eigenvalue weighted by Gasteiger charge is 2.10. The predicted octanol–water partition coefficient (Wildman–Crippen LogP) is 2.94. The second-order valence-corrected chi connectivity index (χ2v) is 3.91. The molecule has 0 N–H and O–H groups in total. The van der Waals surface area contributed by atoms with Gasteiger partial charge in [0.15, 0.2) is 0 Å². The van der Waals surface area contributed by atoms with Crippen molar-refractivity contribution in [3.63, 3.8) is 0 Å². The predicted molar refractivity (Wildman–Crippen MR) is 58.2 cm³/mol. The van der Waals surface area contributed by atoms with Crippen LogP contribution in [0, 0.1) is 23.0 Å². The largest absolute Gasteiger partial charge is 0.493 e. The SMILES string of the molecule is Cc1cc(OCC(C)C)ccc1[N+](=O)[O-]. The molecule has 0 atom stereocenters. The summed E-state index contributed by atoms with van der Waals surface area (Å²) in [7, 11) is 0. The molecule has 0 unspecified atom stereocenters. The van der Waals surface area contributed by atoms with Gasteiger partial charge in [-0.1, -0.05) is 13.8 Å². The molecule has 0 aromatic heterocycles. The molecule has 4 nitrogen and oxygen atoms in total. The first-order valence-corrected chi connectivity index (χ1v) is 4.88. The lowest BCUT2D eigenvalue weighted by atomic mass is 10.2. The van der Waals surface area contributed by atoms with Gasteiger partial charge in [0.1, 0.15) is 5.75 Å².